The summed E-state index contributed by atoms with van der Waals surface area (Å²) in [4.78, 5) is 14.0. The van der Waals surface area contributed by atoms with Crippen molar-refractivity contribution in [2.75, 3.05) is 25.0 Å². The highest BCUT2D eigenvalue weighted by Crippen LogP contribution is 2.15. The van der Waals surface area contributed by atoms with E-state index >= 15 is 0 Å². The van der Waals surface area contributed by atoms with Gasteiger partial charge in [0.2, 0.25) is 5.91 Å². The first-order chi connectivity index (χ1) is 8.24. The highest BCUT2D eigenvalue weighted by atomic mass is 35.5. The molecule has 2 rings (SSSR count). The number of hydrogen-bond acceptors (Lipinski definition) is 2. The fourth-order valence-corrected chi connectivity index (χ4v) is 2.28. The minimum absolute atomic E-state index is 0. The molecular formula is C13H18Cl2N2O. The van der Waals surface area contributed by atoms with Gasteiger partial charge in [-0.2, -0.15) is 0 Å². The van der Waals surface area contributed by atoms with Gasteiger partial charge in [-0.25, -0.2) is 0 Å². The second-order valence-electron chi connectivity index (χ2n) is 4.40. The van der Waals surface area contributed by atoms with E-state index in [0.717, 1.165) is 18.8 Å². The molecule has 1 aliphatic rings. The Morgan fingerprint density at radius 1 is 1.28 bits per heavy atom. The Labute approximate surface area is 119 Å². The molecule has 1 aromatic rings. The van der Waals surface area contributed by atoms with Crippen LogP contribution in [0.25, 0.3) is 0 Å². The number of benzene rings is 1. The van der Waals surface area contributed by atoms with Gasteiger partial charge in [0.05, 0.1) is 6.54 Å². The second-order valence-corrected chi connectivity index (χ2v) is 4.83. The molecule has 5 heteroatoms. The van der Waals surface area contributed by atoms with Crippen LogP contribution in [-0.4, -0.2) is 30.4 Å². The molecule has 0 spiro atoms. The van der Waals surface area contributed by atoms with E-state index in [9.17, 15) is 4.79 Å². The number of carbonyl (C=O) groups is 1. The third kappa shape index (κ3) is 4.84. The van der Waals surface area contributed by atoms with Gasteiger partial charge in [-0.1, -0.05) is 24.1 Å². The third-order valence-corrected chi connectivity index (χ3v) is 3.16. The molecule has 1 heterocycles. The largest absolute Gasteiger partial charge is 0.325 e. The highest BCUT2D eigenvalue weighted by molar-refractivity contribution is 6.30. The zero-order chi connectivity index (χ0) is 12.1. The van der Waals surface area contributed by atoms with E-state index in [2.05, 4.69) is 10.2 Å². The van der Waals surface area contributed by atoms with Crippen molar-refractivity contribution in [3.8, 4) is 0 Å². The van der Waals surface area contributed by atoms with Crippen LogP contribution in [0.1, 0.15) is 19.3 Å². The van der Waals surface area contributed by atoms with Gasteiger partial charge < -0.3 is 5.32 Å². The fraction of sp³-hybridized carbons (Fsp3) is 0.462. The first-order valence-electron chi connectivity index (χ1n) is 6.02. The monoisotopic (exact) mass is 288 g/mol. The zero-order valence-electron chi connectivity index (χ0n) is 10.2. The summed E-state index contributed by atoms with van der Waals surface area (Å²) >= 11 is 5.86. The second kappa shape index (κ2) is 7.62. The number of piperidine rings is 1. The van der Waals surface area contributed by atoms with Gasteiger partial charge in [-0.3, -0.25) is 9.69 Å². The Morgan fingerprint density at radius 3 is 2.67 bits per heavy atom. The molecule has 3 nitrogen and oxygen atoms in total. The molecule has 1 saturated heterocycles. The number of rotatable bonds is 3. The van der Waals surface area contributed by atoms with Crippen molar-refractivity contribution in [3.63, 3.8) is 0 Å². The lowest BCUT2D eigenvalue weighted by Gasteiger charge is -2.25. The van der Waals surface area contributed by atoms with Gasteiger partial charge in [-0.15, -0.1) is 12.4 Å². The van der Waals surface area contributed by atoms with Crippen LogP contribution in [0.5, 0.6) is 0 Å². The number of carbonyl (C=O) groups excluding carboxylic acids is 1. The van der Waals surface area contributed by atoms with Crippen LogP contribution >= 0.6 is 24.0 Å². The Bertz CT molecular complexity index is 392. The summed E-state index contributed by atoms with van der Waals surface area (Å²) in [5.74, 6) is 0.0363. The van der Waals surface area contributed by atoms with E-state index in [0.29, 0.717) is 11.6 Å². The van der Waals surface area contributed by atoms with Crippen LogP contribution in [0.3, 0.4) is 0 Å². The lowest BCUT2D eigenvalue weighted by Crippen LogP contribution is -2.36. The fourth-order valence-electron chi connectivity index (χ4n) is 2.09. The molecule has 1 aliphatic heterocycles. The molecule has 0 aliphatic carbocycles. The first-order valence-corrected chi connectivity index (χ1v) is 6.39. The number of anilines is 1. The van der Waals surface area contributed by atoms with Crippen molar-refractivity contribution in [2.24, 2.45) is 0 Å². The number of hydrogen-bond donors (Lipinski definition) is 1. The van der Waals surface area contributed by atoms with Crippen molar-refractivity contribution in [3.05, 3.63) is 29.3 Å². The summed E-state index contributed by atoms with van der Waals surface area (Å²) in [5, 5.41) is 3.50. The predicted octanol–water partition coefficient (Wildman–Crippen LogP) is 3.19. The van der Waals surface area contributed by atoms with Crippen molar-refractivity contribution in [1.29, 1.82) is 0 Å². The van der Waals surface area contributed by atoms with Crippen LogP contribution in [0, 0.1) is 0 Å². The molecular weight excluding hydrogens is 271 g/mol. The highest BCUT2D eigenvalue weighted by Gasteiger charge is 2.13. The predicted molar refractivity (Wildman–Crippen MR) is 77.6 cm³/mol. The summed E-state index contributed by atoms with van der Waals surface area (Å²) in [6.45, 7) is 2.54. The molecule has 1 amide bonds. The van der Waals surface area contributed by atoms with Gasteiger partial charge in [0.25, 0.3) is 0 Å². The SMILES string of the molecule is Cl.O=C(CN1CCCCC1)Nc1cccc(Cl)c1. The summed E-state index contributed by atoms with van der Waals surface area (Å²) < 4.78 is 0. The molecule has 0 saturated carbocycles. The lowest BCUT2D eigenvalue weighted by atomic mass is 10.1. The van der Waals surface area contributed by atoms with E-state index in [1.54, 1.807) is 12.1 Å². The molecule has 0 radical (unpaired) electrons. The van der Waals surface area contributed by atoms with E-state index in [-0.39, 0.29) is 18.3 Å². The molecule has 1 N–H and O–H groups in total. The lowest BCUT2D eigenvalue weighted by molar-refractivity contribution is -0.117. The zero-order valence-corrected chi connectivity index (χ0v) is 11.8. The Kier molecular flexibility index (Phi) is 6.47. The van der Waals surface area contributed by atoms with Crippen molar-refractivity contribution in [1.82, 2.24) is 4.90 Å². The average molecular weight is 289 g/mol. The maximum atomic E-state index is 11.8. The van der Waals surface area contributed by atoms with Crippen LogP contribution in [0.4, 0.5) is 5.69 Å². The topological polar surface area (TPSA) is 32.3 Å². The van der Waals surface area contributed by atoms with Crippen LogP contribution in [0.15, 0.2) is 24.3 Å². The molecule has 18 heavy (non-hydrogen) atoms. The molecule has 1 aromatic carbocycles. The van der Waals surface area contributed by atoms with E-state index in [4.69, 9.17) is 11.6 Å². The summed E-state index contributed by atoms with van der Waals surface area (Å²) in [7, 11) is 0. The average Bonchev–Trinajstić information content (AvgIpc) is 2.30. The number of likely N-dealkylation sites (tertiary alicyclic amines) is 1. The Balaban J connectivity index is 0.00000162. The first kappa shape index (κ1) is 15.3. The maximum absolute atomic E-state index is 11.8. The Hall–Kier alpha value is -0.770. The van der Waals surface area contributed by atoms with Crippen molar-refractivity contribution >= 4 is 35.6 Å². The number of nitrogens with zero attached hydrogens (tertiary/aromatic N) is 1. The van der Waals surface area contributed by atoms with Crippen LogP contribution in [0.2, 0.25) is 5.02 Å². The smallest absolute Gasteiger partial charge is 0.238 e. The van der Waals surface area contributed by atoms with Gasteiger partial charge in [0.15, 0.2) is 0 Å². The normalized spacial score (nSPS) is 15.8. The van der Waals surface area contributed by atoms with Gasteiger partial charge in [-0.05, 0) is 44.1 Å². The van der Waals surface area contributed by atoms with Gasteiger partial charge >= 0.3 is 0 Å². The standard InChI is InChI=1S/C13H17ClN2O.ClH/c14-11-5-4-6-12(9-11)15-13(17)10-16-7-2-1-3-8-16;/h4-6,9H,1-3,7-8,10H2,(H,15,17);1H. The van der Waals surface area contributed by atoms with Crippen LogP contribution in [-0.2, 0) is 4.79 Å². The number of amides is 1. The molecule has 0 bridgehead atoms. The van der Waals surface area contributed by atoms with Crippen molar-refractivity contribution in [2.45, 2.75) is 19.3 Å². The third-order valence-electron chi connectivity index (χ3n) is 2.92. The quantitative estimate of drug-likeness (QED) is 0.927. The summed E-state index contributed by atoms with van der Waals surface area (Å²) in [6, 6.07) is 7.23. The molecule has 0 atom stereocenters. The number of nitrogens with one attached hydrogen (secondary N) is 1. The maximum Gasteiger partial charge on any atom is 0.238 e. The van der Waals surface area contributed by atoms with Gasteiger partial charge in [0.1, 0.15) is 0 Å². The molecule has 0 aromatic heterocycles. The van der Waals surface area contributed by atoms with Crippen molar-refractivity contribution < 1.29 is 4.79 Å². The minimum Gasteiger partial charge on any atom is -0.325 e. The van der Waals surface area contributed by atoms with Crippen LogP contribution < -0.4 is 5.32 Å². The molecule has 100 valence electrons. The molecule has 0 unspecified atom stereocenters. The molecule has 1 fully saturated rings. The van der Waals surface area contributed by atoms with E-state index in [1.807, 2.05) is 12.1 Å². The summed E-state index contributed by atoms with van der Waals surface area (Å²) in [6.07, 6.45) is 3.68. The van der Waals surface area contributed by atoms with Gasteiger partial charge in [0, 0.05) is 10.7 Å². The van der Waals surface area contributed by atoms with E-state index < -0.39 is 0 Å². The minimum atomic E-state index is 0. The number of halogens is 2. The summed E-state index contributed by atoms with van der Waals surface area (Å²) in [5.41, 5.74) is 0.763. The Morgan fingerprint density at radius 2 is 2.00 bits per heavy atom. The van der Waals surface area contributed by atoms with E-state index in [1.165, 1.54) is 19.3 Å².